The molecule has 1 fully saturated rings. The zero-order chi connectivity index (χ0) is 17.2. The van der Waals surface area contributed by atoms with Crippen molar-refractivity contribution in [3.63, 3.8) is 0 Å². The maximum absolute atomic E-state index is 11.7. The van der Waals surface area contributed by atoms with E-state index < -0.39 is 0 Å². The number of carbonyl (C=O) groups excluding carboxylic acids is 1. The van der Waals surface area contributed by atoms with E-state index in [-0.39, 0.29) is 11.9 Å². The average Bonchev–Trinajstić information content (AvgIpc) is 3.11. The maximum Gasteiger partial charge on any atom is 0.308 e. The predicted molar refractivity (Wildman–Crippen MR) is 100 cm³/mol. The van der Waals surface area contributed by atoms with Crippen molar-refractivity contribution in [1.29, 1.82) is 0 Å². The normalized spacial score (nSPS) is 20.2. The van der Waals surface area contributed by atoms with Crippen LogP contribution in [0.5, 0.6) is 0 Å². The zero-order valence-corrected chi connectivity index (χ0v) is 15.6. The molecule has 0 N–H and O–H groups in total. The third-order valence-corrected chi connectivity index (χ3v) is 5.49. The summed E-state index contributed by atoms with van der Waals surface area (Å²) in [5.74, 6) is 0.599. The number of benzene rings is 1. The molecule has 0 radical (unpaired) electrons. The van der Waals surface area contributed by atoms with Gasteiger partial charge in [-0.15, -0.1) is 0 Å². The molecule has 1 saturated carbocycles. The number of unbranched alkanes of at least 4 members (excludes halogenated alkanes) is 6. The van der Waals surface area contributed by atoms with E-state index in [1.807, 2.05) is 0 Å². The summed E-state index contributed by atoms with van der Waals surface area (Å²) in [5, 5.41) is 0. The molecule has 2 nitrogen and oxygen atoms in total. The molecular weight excluding hydrogens is 296 g/mol. The third kappa shape index (κ3) is 5.96. The van der Waals surface area contributed by atoms with Gasteiger partial charge in [-0.2, -0.15) is 0 Å². The summed E-state index contributed by atoms with van der Waals surface area (Å²) in [6.07, 6.45) is 13.8. The SMILES string of the molecule is CCCCCCCCCc1ccc(C2CCC(C(=O)OC)C2)cc1. The summed E-state index contributed by atoms with van der Waals surface area (Å²) in [7, 11) is 1.49. The van der Waals surface area contributed by atoms with Gasteiger partial charge in [-0.25, -0.2) is 0 Å². The Bertz CT molecular complexity index is 477. The number of hydrogen-bond donors (Lipinski definition) is 0. The molecule has 1 aromatic carbocycles. The first-order valence-corrected chi connectivity index (χ1v) is 9.91. The van der Waals surface area contributed by atoms with Crippen LogP contribution >= 0.6 is 0 Å². The summed E-state index contributed by atoms with van der Waals surface area (Å²) in [6.45, 7) is 2.27. The van der Waals surface area contributed by atoms with Gasteiger partial charge in [-0.1, -0.05) is 69.7 Å². The van der Waals surface area contributed by atoms with E-state index in [9.17, 15) is 4.79 Å². The highest BCUT2D eigenvalue weighted by molar-refractivity contribution is 5.72. The number of ether oxygens (including phenoxy) is 1. The van der Waals surface area contributed by atoms with Gasteiger partial charge in [-0.3, -0.25) is 4.79 Å². The molecule has 1 aliphatic rings. The lowest BCUT2D eigenvalue weighted by atomic mass is 9.94. The Kier molecular flexibility index (Phi) is 8.35. The minimum Gasteiger partial charge on any atom is -0.469 e. The van der Waals surface area contributed by atoms with Crippen LogP contribution in [0.2, 0.25) is 0 Å². The summed E-state index contributed by atoms with van der Waals surface area (Å²) < 4.78 is 4.88. The monoisotopic (exact) mass is 330 g/mol. The number of aryl methyl sites for hydroxylation is 1. The first-order chi connectivity index (χ1) is 11.7. The Morgan fingerprint density at radius 3 is 2.33 bits per heavy atom. The molecule has 0 saturated heterocycles. The molecule has 0 heterocycles. The minimum absolute atomic E-state index is 0.0342. The largest absolute Gasteiger partial charge is 0.469 e. The summed E-state index contributed by atoms with van der Waals surface area (Å²) in [4.78, 5) is 11.7. The lowest BCUT2D eigenvalue weighted by Gasteiger charge is -2.11. The molecule has 2 heteroatoms. The van der Waals surface area contributed by atoms with E-state index in [4.69, 9.17) is 4.74 Å². The number of hydrogen-bond acceptors (Lipinski definition) is 2. The third-order valence-electron chi connectivity index (χ3n) is 5.49. The molecule has 134 valence electrons. The highest BCUT2D eigenvalue weighted by Gasteiger charge is 2.31. The Hall–Kier alpha value is -1.31. The van der Waals surface area contributed by atoms with Crippen LogP contribution in [-0.2, 0) is 16.0 Å². The predicted octanol–water partition coefficient (Wildman–Crippen LogP) is 6.04. The fraction of sp³-hybridized carbons (Fsp3) is 0.682. The van der Waals surface area contributed by atoms with E-state index in [0.29, 0.717) is 5.92 Å². The van der Waals surface area contributed by atoms with Gasteiger partial charge in [0, 0.05) is 0 Å². The van der Waals surface area contributed by atoms with Crippen molar-refractivity contribution in [1.82, 2.24) is 0 Å². The van der Waals surface area contributed by atoms with E-state index in [2.05, 4.69) is 31.2 Å². The van der Waals surface area contributed by atoms with Gasteiger partial charge >= 0.3 is 5.97 Å². The molecule has 1 aliphatic carbocycles. The lowest BCUT2D eigenvalue weighted by molar-refractivity contribution is -0.145. The molecule has 24 heavy (non-hydrogen) atoms. The molecule has 1 aromatic rings. The van der Waals surface area contributed by atoms with Crippen molar-refractivity contribution in [3.05, 3.63) is 35.4 Å². The van der Waals surface area contributed by atoms with E-state index in [0.717, 1.165) is 19.3 Å². The first-order valence-electron chi connectivity index (χ1n) is 9.91. The van der Waals surface area contributed by atoms with Gasteiger partial charge in [0.25, 0.3) is 0 Å². The van der Waals surface area contributed by atoms with Crippen LogP contribution in [-0.4, -0.2) is 13.1 Å². The number of carbonyl (C=O) groups is 1. The van der Waals surface area contributed by atoms with E-state index in [1.54, 1.807) is 0 Å². The van der Waals surface area contributed by atoms with Gasteiger partial charge in [0.15, 0.2) is 0 Å². The average molecular weight is 331 g/mol. The second-order valence-corrected chi connectivity index (χ2v) is 7.34. The second kappa shape index (κ2) is 10.5. The number of methoxy groups -OCH3 is 1. The number of rotatable bonds is 10. The molecule has 2 atom stereocenters. The Balaban J connectivity index is 1.69. The van der Waals surface area contributed by atoms with Crippen molar-refractivity contribution < 1.29 is 9.53 Å². The minimum atomic E-state index is -0.0342. The van der Waals surface area contributed by atoms with Crippen molar-refractivity contribution in [2.45, 2.75) is 83.5 Å². The fourth-order valence-electron chi connectivity index (χ4n) is 3.91. The van der Waals surface area contributed by atoms with Crippen LogP contribution in [0.3, 0.4) is 0 Å². The molecular formula is C22H34O2. The summed E-state index contributed by atoms with van der Waals surface area (Å²) >= 11 is 0. The maximum atomic E-state index is 11.7. The highest BCUT2D eigenvalue weighted by atomic mass is 16.5. The van der Waals surface area contributed by atoms with Crippen LogP contribution in [0.15, 0.2) is 24.3 Å². The van der Waals surface area contributed by atoms with Crippen LogP contribution in [0.25, 0.3) is 0 Å². The van der Waals surface area contributed by atoms with Gasteiger partial charge in [0.2, 0.25) is 0 Å². The molecule has 0 amide bonds. The Labute approximate surface area is 148 Å². The second-order valence-electron chi connectivity index (χ2n) is 7.34. The quantitative estimate of drug-likeness (QED) is 0.386. The van der Waals surface area contributed by atoms with Gasteiger partial charge in [0.05, 0.1) is 13.0 Å². The standard InChI is InChI=1S/C22H34O2/c1-3-4-5-6-7-8-9-10-18-11-13-19(14-12-18)20-15-16-21(17-20)22(23)24-2/h11-14,20-21H,3-10,15-17H2,1-2H3. The van der Waals surface area contributed by atoms with E-state index in [1.165, 1.54) is 69.6 Å². The van der Waals surface area contributed by atoms with Crippen molar-refractivity contribution in [2.24, 2.45) is 5.92 Å². The smallest absolute Gasteiger partial charge is 0.308 e. The Morgan fingerprint density at radius 2 is 1.67 bits per heavy atom. The molecule has 0 bridgehead atoms. The lowest BCUT2D eigenvalue weighted by Crippen LogP contribution is -2.12. The zero-order valence-electron chi connectivity index (χ0n) is 15.6. The first kappa shape index (κ1) is 19.0. The topological polar surface area (TPSA) is 26.3 Å². The van der Waals surface area contributed by atoms with Crippen LogP contribution in [0.4, 0.5) is 0 Å². The Morgan fingerprint density at radius 1 is 1.00 bits per heavy atom. The van der Waals surface area contributed by atoms with Crippen molar-refractivity contribution in [3.8, 4) is 0 Å². The fourth-order valence-corrected chi connectivity index (χ4v) is 3.91. The van der Waals surface area contributed by atoms with Crippen LogP contribution < -0.4 is 0 Å². The van der Waals surface area contributed by atoms with Crippen LogP contribution in [0, 0.1) is 5.92 Å². The molecule has 0 aromatic heterocycles. The molecule has 2 unspecified atom stereocenters. The number of esters is 1. The van der Waals surface area contributed by atoms with Gasteiger partial charge in [0.1, 0.15) is 0 Å². The van der Waals surface area contributed by atoms with Crippen LogP contribution in [0.1, 0.15) is 88.2 Å². The molecule has 0 aliphatic heterocycles. The van der Waals surface area contributed by atoms with Crippen molar-refractivity contribution >= 4 is 5.97 Å². The van der Waals surface area contributed by atoms with E-state index >= 15 is 0 Å². The molecule has 0 spiro atoms. The highest BCUT2D eigenvalue weighted by Crippen LogP contribution is 2.38. The van der Waals surface area contributed by atoms with Crippen molar-refractivity contribution in [2.75, 3.05) is 7.11 Å². The summed E-state index contributed by atoms with van der Waals surface area (Å²) in [6, 6.07) is 9.14. The summed E-state index contributed by atoms with van der Waals surface area (Å²) in [5.41, 5.74) is 2.85. The van der Waals surface area contributed by atoms with Gasteiger partial charge in [-0.05, 0) is 49.1 Å². The molecule has 2 rings (SSSR count). The van der Waals surface area contributed by atoms with Gasteiger partial charge < -0.3 is 4.74 Å².